The van der Waals surface area contributed by atoms with Crippen molar-refractivity contribution in [2.45, 2.75) is 31.3 Å². The topological polar surface area (TPSA) is 83.3 Å². The minimum Gasteiger partial charge on any atom is -0.481 e. The molecule has 0 saturated heterocycles. The maximum atomic E-state index is 11.2. The van der Waals surface area contributed by atoms with Gasteiger partial charge in [0.05, 0.1) is 17.5 Å². The van der Waals surface area contributed by atoms with Crippen molar-refractivity contribution in [3.63, 3.8) is 0 Å². The second kappa shape index (κ2) is 3.27. The van der Waals surface area contributed by atoms with E-state index < -0.39 is 17.5 Å². The summed E-state index contributed by atoms with van der Waals surface area (Å²) in [6.45, 7) is 1.79. The average molecular weight is 208 g/mol. The first-order valence-corrected chi connectivity index (χ1v) is 4.75. The first-order chi connectivity index (χ1) is 7.04. The molecule has 0 atom stereocenters. The SMILES string of the molecule is Cc1cnc(C2(C(=O)O)CC(O)C2)cn1. The summed E-state index contributed by atoms with van der Waals surface area (Å²) in [6.07, 6.45) is 2.93. The highest BCUT2D eigenvalue weighted by atomic mass is 16.4. The Balaban J connectivity index is 2.34. The monoisotopic (exact) mass is 208 g/mol. The highest BCUT2D eigenvalue weighted by Crippen LogP contribution is 2.42. The van der Waals surface area contributed by atoms with Crippen molar-refractivity contribution in [1.82, 2.24) is 9.97 Å². The summed E-state index contributed by atoms with van der Waals surface area (Å²) in [7, 11) is 0. The largest absolute Gasteiger partial charge is 0.481 e. The summed E-state index contributed by atoms with van der Waals surface area (Å²) in [5.41, 5.74) is 0.158. The van der Waals surface area contributed by atoms with E-state index in [9.17, 15) is 9.90 Å². The van der Waals surface area contributed by atoms with Gasteiger partial charge in [0, 0.05) is 12.4 Å². The van der Waals surface area contributed by atoms with Crippen LogP contribution in [-0.2, 0) is 10.2 Å². The molecule has 1 aliphatic rings. The van der Waals surface area contributed by atoms with Crippen LogP contribution in [0.3, 0.4) is 0 Å². The molecule has 1 fully saturated rings. The van der Waals surface area contributed by atoms with Gasteiger partial charge in [-0.05, 0) is 19.8 Å². The fourth-order valence-electron chi connectivity index (χ4n) is 1.88. The summed E-state index contributed by atoms with van der Waals surface area (Å²) >= 11 is 0. The Labute approximate surface area is 86.8 Å². The summed E-state index contributed by atoms with van der Waals surface area (Å²) in [4.78, 5) is 19.3. The molecule has 1 saturated carbocycles. The molecule has 1 aromatic rings. The van der Waals surface area contributed by atoms with Crippen LogP contribution in [-0.4, -0.2) is 32.3 Å². The highest BCUT2D eigenvalue weighted by molar-refractivity contribution is 5.82. The fraction of sp³-hybridized carbons (Fsp3) is 0.500. The Bertz CT molecular complexity index is 382. The second-order valence-electron chi connectivity index (χ2n) is 3.99. The smallest absolute Gasteiger partial charge is 0.316 e. The van der Waals surface area contributed by atoms with Gasteiger partial charge in [-0.1, -0.05) is 0 Å². The Morgan fingerprint density at radius 3 is 2.53 bits per heavy atom. The molecule has 15 heavy (non-hydrogen) atoms. The molecule has 5 heteroatoms. The molecule has 5 nitrogen and oxygen atoms in total. The zero-order valence-corrected chi connectivity index (χ0v) is 8.34. The molecule has 0 unspecified atom stereocenters. The molecule has 2 rings (SSSR count). The zero-order chi connectivity index (χ0) is 11.1. The summed E-state index contributed by atoms with van der Waals surface area (Å²) < 4.78 is 0. The maximum absolute atomic E-state index is 11.2. The van der Waals surface area contributed by atoms with Gasteiger partial charge in [0.15, 0.2) is 0 Å². The van der Waals surface area contributed by atoms with Crippen LogP contribution in [0, 0.1) is 6.92 Å². The predicted molar refractivity (Wildman–Crippen MR) is 51.3 cm³/mol. The van der Waals surface area contributed by atoms with Gasteiger partial charge in [0.25, 0.3) is 0 Å². The van der Waals surface area contributed by atoms with Gasteiger partial charge in [-0.3, -0.25) is 14.8 Å². The number of aliphatic hydroxyl groups is 1. The molecule has 1 heterocycles. The molecular formula is C10H12N2O3. The van der Waals surface area contributed by atoms with Crippen LogP contribution >= 0.6 is 0 Å². The normalized spacial score (nSPS) is 29.6. The van der Waals surface area contributed by atoms with E-state index in [2.05, 4.69) is 9.97 Å². The summed E-state index contributed by atoms with van der Waals surface area (Å²) in [5.74, 6) is -0.939. The Hall–Kier alpha value is -1.49. The van der Waals surface area contributed by atoms with E-state index in [1.807, 2.05) is 0 Å². The van der Waals surface area contributed by atoms with Crippen LogP contribution < -0.4 is 0 Å². The van der Waals surface area contributed by atoms with Crippen molar-refractivity contribution in [2.75, 3.05) is 0 Å². The molecule has 2 N–H and O–H groups in total. The number of aryl methyl sites for hydroxylation is 1. The lowest BCUT2D eigenvalue weighted by Gasteiger charge is -2.40. The molecule has 0 bridgehead atoms. The van der Waals surface area contributed by atoms with E-state index in [1.165, 1.54) is 6.20 Å². The third-order valence-electron chi connectivity index (χ3n) is 2.85. The molecule has 1 aliphatic carbocycles. The summed E-state index contributed by atoms with van der Waals surface area (Å²) in [5, 5.41) is 18.4. The Morgan fingerprint density at radius 1 is 1.47 bits per heavy atom. The van der Waals surface area contributed by atoms with E-state index >= 15 is 0 Å². The van der Waals surface area contributed by atoms with Crippen molar-refractivity contribution in [3.05, 3.63) is 23.8 Å². The molecule has 1 aromatic heterocycles. The van der Waals surface area contributed by atoms with Crippen molar-refractivity contribution in [1.29, 1.82) is 0 Å². The molecule has 0 spiro atoms. The number of aliphatic hydroxyl groups excluding tert-OH is 1. The maximum Gasteiger partial charge on any atom is 0.316 e. The zero-order valence-electron chi connectivity index (χ0n) is 8.34. The van der Waals surface area contributed by atoms with E-state index in [4.69, 9.17) is 5.11 Å². The number of carboxylic acids is 1. The van der Waals surface area contributed by atoms with Gasteiger partial charge in [-0.25, -0.2) is 0 Å². The molecule has 0 aromatic carbocycles. The number of hydrogen-bond donors (Lipinski definition) is 2. The molecule has 0 radical (unpaired) electrons. The van der Waals surface area contributed by atoms with Crippen molar-refractivity contribution < 1.29 is 15.0 Å². The second-order valence-corrected chi connectivity index (χ2v) is 3.99. The van der Waals surface area contributed by atoms with Gasteiger partial charge < -0.3 is 10.2 Å². The molecule has 0 aliphatic heterocycles. The number of hydrogen-bond acceptors (Lipinski definition) is 4. The molecule has 80 valence electrons. The van der Waals surface area contributed by atoms with Gasteiger partial charge in [0.2, 0.25) is 0 Å². The van der Waals surface area contributed by atoms with Gasteiger partial charge >= 0.3 is 5.97 Å². The third-order valence-corrected chi connectivity index (χ3v) is 2.85. The number of carbonyl (C=O) groups is 1. The number of carboxylic acid groups (broad SMARTS) is 1. The van der Waals surface area contributed by atoms with Crippen LogP contribution in [0.15, 0.2) is 12.4 Å². The van der Waals surface area contributed by atoms with E-state index in [0.717, 1.165) is 5.69 Å². The Morgan fingerprint density at radius 2 is 2.13 bits per heavy atom. The van der Waals surface area contributed by atoms with Crippen LogP contribution in [0.4, 0.5) is 0 Å². The van der Waals surface area contributed by atoms with Crippen molar-refractivity contribution in [2.24, 2.45) is 0 Å². The predicted octanol–water partition coefficient (Wildman–Crippen LogP) is 0.262. The number of nitrogens with zero attached hydrogens (tertiary/aromatic N) is 2. The van der Waals surface area contributed by atoms with E-state index in [0.29, 0.717) is 5.69 Å². The average Bonchev–Trinajstić information content (AvgIpc) is 2.13. The minimum absolute atomic E-state index is 0.222. The quantitative estimate of drug-likeness (QED) is 0.728. The lowest BCUT2D eigenvalue weighted by atomic mass is 9.65. The highest BCUT2D eigenvalue weighted by Gasteiger charge is 2.52. The first kappa shape index (κ1) is 10.0. The molecule has 0 amide bonds. The van der Waals surface area contributed by atoms with Gasteiger partial charge in [-0.15, -0.1) is 0 Å². The van der Waals surface area contributed by atoms with Crippen LogP contribution in [0.1, 0.15) is 24.2 Å². The number of aliphatic carboxylic acids is 1. The first-order valence-electron chi connectivity index (χ1n) is 4.75. The van der Waals surface area contributed by atoms with Crippen molar-refractivity contribution in [3.8, 4) is 0 Å². The van der Waals surface area contributed by atoms with Crippen LogP contribution in [0.2, 0.25) is 0 Å². The molecular weight excluding hydrogens is 196 g/mol. The van der Waals surface area contributed by atoms with Crippen LogP contribution in [0.5, 0.6) is 0 Å². The van der Waals surface area contributed by atoms with Gasteiger partial charge in [-0.2, -0.15) is 0 Å². The van der Waals surface area contributed by atoms with E-state index in [-0.39, 0.29) is 12.8 Å². The van der Waals surface area contributed by atoms with Crippen LogP contribution in [0.25, 0.3) is 0 Å². The minimum atomic E-state index is -1.03. The van der Waals surface area contributed by atoms with E-state index in [1.54, 1.807) is 13.1 Å². The number of rotatable bonds is 2. The van der Waals surface area contributed by atoms with Gasteiger partial charge in [0.1, 0.15) is 5.41 Å². The lowest BCUT2D eigenvalue weighted by molar-refractivity contribution is -0.153. The summed E-state index contributed by atoms with van der Waals surface area (Å²) in [6, 6.07) is 0. The third kappa shape index (κ3) is 1.48. The lowest BCUT2D eigenvalue weighted by Crippen LogP contribution is -2.51. The standard InChI is InChI=1S/C10H12N2O3/c1-6-4-12-8(5-11-6)10(9(14)15)2-7(13)3-10/h4-5,7,13H,2-3H2,1H3,(H,14,15). The fourth-order valence-corrected chi connectivity index (χ4v) is 1.88. The van der Waals surface area contributed by atoms with Crippen molar-refractivity contribution >= 4 is 5.97 Å². The Kier molecular flexibility index (Phi) is 2.19. The number of aromatic nitrogens is 2.